The Bertz CT molecular complexity index is 422. The van der Waals surface area contributed by atoms with Gasteiger partial charge in [0.05, 0.1) is 6.10 Å². The molecule has 1 aromatic carbocycles. The average Bonchev–Trinajstić information content (AvgIpc) is 2.26. The maximum absolute atomic E-state index is 11.9. The molecule has 3 nitrogen and oxygen atoms in total. The fourth-order valence-electron chi connectivity index (χ4n) is 2.09. The molecule has 1 fully saturated rings. The highest BCUT2D eigenvalue weighted by molar-refractivity contribution is 5.94. The number of nitrogens with one attached hydrogen (secondary N) is 1. The molecule has 0 saturated heterocycles. The summed E-state index contributed by atoms with van der Waals surface area (Å²) in [6, 6.07) is 5.74. The molecule has 0 aromatic heterocycles. The van der Waals surface area contributed by atoms with E-state index in [1.165, 1.54) is 5.56 Å². The molecule has 1 aromatic rings. The molecule has 1 saturated carbocycles. The molecular formula is C14H19NO2. The van der Waals surface area contributed by atoms with E-state index in [2.05, 4.69) is 5.32 Å². The Balaban J connectivity index is 1.88. The minimum absolute atomic E-state index is 0.0190. The van der Waals surface area contributed by atoms with E-state index in [1.54, 1.807) is 0 Å². The van der Waals surface area contributed by atoms with Crippen molar-refractivity contribution in [3.05, 3.63) is 34.9 Å². The van der Waals surface area contributed by atoms with Gasteiger partial charge in [0.15, 0.2) is 0 Å². The van der Waals surface area contributed by atoms with Crippen molar-refractivity contribution in [2.75, 3.05) is 6.54 Å². The van der Waals surface area contributed by atoms with E-state index >= 15 is 0 Å². The molecule has 1 amide bonds. The van der Waals surface area contributed by atoms with Crippen molar-refractivity contribution in [2.45, 2.75) is 32.8 Å². The Hall–Kier alpha value is -1.35. The normalized spacial score (nSPS) is 23.0. The second-order valence-corrected chi connectivity index (χ2v) is 5.00. The summed E-state index contributed by atoms with van der Waals surface area (Å²) < 4.78 is 0. The maximum Gasteiger partial charge on any atom is 0.251 e. The first kappa shape index (κ1) is 12.1. The Morgan fingerprint density at radius 2 is 2.06 bits per heavy atom. The number of amides is 1. The predicted molar refractivity (Wildman–Crippen MR) is 67.0 cm³/mol. The summed E-state index contributed by atoms with van der Waals surface area (Å²) in [5.74, 6) is 0.426. The number of benzene rings is 1. The second kappa shape index (κ2) is 4.88. The summed E-state index contributed by atoms with van der Waals surface area (Å²) in [5.41, 5.74) is 3.05. The molecule has 0 unspecified atom stereocenters. The van der Waals surface area contributed by atoms with E-state index in [4.69, 9.17) is 5.11 Å². The van der Waals surface area contributed by atoms with Crippen LogP contribution in [0.25, 0.3) is 0 Å². The fourth-order valence-corrected chi connectivity index (χ4v) is 2.09. The van der Waals surface area contributed by atoms with Crippen LogP contribution in [0.1, 0.15) is 34.3 Å². The highest BCUT2D eigenvalue weighted by Gasteiger charge is 2.27. The van der Waals surface area contributed by atoms with Gasteiger partial charge in [0.1, 0.15) is 0 Å². The smallest absolute Gasteiger partial charge is 0.251 e. The first-order valence-corrected chi connectivity index (χ1v) is 6.10. The lowest BCUT2D eigenvalue weighted by Gasteiger charge is -2.31. The van der Waals surface area contributed by atoms with Crippen molar-refractivity contribution in [1.29, 1.82) is 0 Å². The van der Waals surface area contributed by atoms with E-state index < -0.39 is 0 Å². The van der Waals surface area contributed by atoms with Gasteiger partial charge in [0.25, 0.3) is 5.91 Å². The minimum atomic E-state index is -0.154. The monoisotopic (exact) mass is 233 g/mol. The molecule has 92 valence electrons. The number of hydrogen-bond donors (Lipinski definition) is 2. The van der Waals surface area contributed by atoms with Crippen LogP contribution < -0.4 is 5.32 Å². The van der Waals surface area contributed by atoms with Crippen LogP contribution in [0.15, 0.2) is 18.2 Å². The highest BCUT2D eigenvalue weighted by Crippen LogP contribution is 2.26. The molecule has 1 aliphatic rings. The van der Waals surface area contributed by atoms with Crippen LogP contribution in [0, 0.1) is 19.8 Å². The Morgan fingerprint density at radius 3 is 2.65 bits per heavy atom. The summed E-state index contributed by atoms with van der Waals surface area (Å²) in [5, 5.41) is 12.1. The number of aliphatic hydroxyl groups is 1. The number of carbonyl (C=O) groups is 1. The van der Waals surface area contributed by atoms with Crippen molar-refractivity contribution in [2.24, 2.45) is 5.92 Å². The van der Waals surface area contributed by atoms with Crippen LogP contribution in [0.3, 0.4) is 0 Å². The van der Waals surface area contributed by atoms with Crippen LogP contribution in [0.2, 0.25) is 0 Å². The predicted octanol–water partition coefficient (Wildman–Crippen LogP) is 1.80. The van der Waals surface area contributed by atoms with Gasteiger partial charge < -0.3 is 10.4 Å². The van der Waals surface area contributed by atoms with Crippen LogP contribution >= 0.6 is 0 Å². The van der Waals surface area contributed by atoms with Gasteiger partial charge in [-0.3, -0.25) is 4.79 Å². The summed E-state index contributed by atoms with van der Waals surface area (Å²) in [7, 11) is 0. The third-order valence-corrected chi connectivity index (χ3v) is 3.53. The lowest BCUT2D eigenvalue weighted by atomic mass is 9.82. The van der Waals surface area contributed by atoms with E-state index in [0.717, 1.165) is 18.4 Å². The molecule has 2 N–H and O–H groups in total. The van der Waals surface area contributed by atoms with Gasteiger partial charge in [-0.2, -0.15) is 0 Å². The molecule has 3 heteroatoms. The van der Waals surface area contributed by atoms with Gasteiger partial charge in [-0.15, -0.1) is 0 Å². The molecule has 1 aliphatic carbocycles. The Morgan fingerprint density at radius 1 is 1.35 bits per heavy atom. The molecule has 0 bridgehead atoms. The van der Waals surface area contributed by atoms with E-state index in [1.807, 2.05) is 32.0 Å². The Kier molecular flexibility index (Phi) is 3.48. The van der Waals surface area contributed by atoms with Crippen molar-refractivity contribution >= 4 is 5.91 Å². The van der Waals surface area contributed by atoms with Crippen molar-refractivity contribution in [3.63, 3.8) is 0 Å². The van der Waals surface area contributed by atoms with Crippen LogP contribution in [-0.4, -0.2) is 23.7 Å². The Labute approximate surface area is 102 Å². The summed E-state index contributed by atoms with van der Waals surface area (Å²) in [6.45, 7) is 4.71. The SMILES string of the molecule is Cc1ccc(C(=O)NCC2CC(O)C2)cc1C. The first-order valence-electron chi connectivity index (χ1n) is 6.10. The van der Waals surface area contributed by atoms with Crippen molar-refractivity contribution in [1.82, 2.24) is 5.32 Å². The van der Waals surface area contributed by atoms with Crippen LogP contribution in [0.5, 0.6) is 0 Å². The zero-order valence-corrected chi connectivity index (χ0v) is 10.4. The topological polar surface area (TPSA) is 49.3 Å². The number of carbonyl (C=O) groups excluding carboxylic acids is 1. The fraction of sp³-hybridized carbons (Fsp3) is 0.500. The third kappa shape index (κ3) is 2.86. The summed E-state index contributed by atoms with van der Waals surface area (Å²) in [4.78, 5) is 11.9. The van der Waals surface area contributed by atoms with Crippen molar-refractivity contribution in [3.8, 4) is 0 Å². The van der Waals surface area contributed by atoms with E-state index in [0.29, 0.717) is 18.0 Å². The van der Waals surface area contributed by atoms with E-state index in [-0.39, 0.29) is 12.0 Å². The van der Waals surface area contributed by atoms with Gasteiger partial charge in [-0.1, -0.05) is 6.07 Å². The minimum Gasteiger partial charge on any atom is -0.393 e. The lowest BCUT2D eigenvalue weighted by Crippen LogP contribution is -2.38. The molecular weight excluding hydrogens is 214 g/mol. The number of rotatable bonds is 3. The lowest BCUT2D eigenvalue weighted by molar-refractivity contribution is 0.0420. The summed E-state index contributed by atoms with van der Waals surface area (Å²) in [6.07, 6.45) is 1.47. The van der Waals surface area contributed by atoms with E-state index in [9.17, 15) is 4.79 Å². The molecule has 2 rings (SSSR count). The second-order valence-electron chi connectivity index (χ2n) is 5.00. The maximum atomic E-state index is 11.9. The van der Waals surface area contributed by atoms with Gasteiger partial charge >= 0.3 is 0 Å². The first-order chi connectivity index (χ1) is 8.06. The highest BCUT2D eigenvalue weighted by atomic mass is 16.3. The average molecular weight is 233 g/mol. The quantitative estimate of drug-likeness (QED) is 0.836. The van der Waals surface area contributed by atoms with Crippen LogP contribution in [-0.2, 0) is 0 Å². The number of hydrogen-bond acceptors (Lipinski definition) is 2. The largest absolute Gasteiger partial charge is 0.393 e. The van der Waals surface area contributed by atoms with Gasteiger partial charge in [0.2, 0.25) is 0 Å². The number of aryl methyl sites for hydroxylation is 2. The molecule has 0 aliphatic heterocycles. The molecule has 0 atom stereocenters. The van der Waals surface area contributed by atoms with Crippen LogP contribution in [0.4, 0.5) is 0 Å². The summed E-state index contributed by atoms with van der Waals surface area (Å²) >= 11 is 0. The molecule has 0 radical (unpaired) electrons. The van der Waals surface area contributed by atoms with Gasteiger partial charge in [0, 0.05) is 12.1 Å². The molecule has 0 spiro atoms. The molecule has 17 heavy (non-hydrogen) atoms. The van der Waals surface area contributed by atoms with Gasteiger partial charge in [-0.25, -0.2) is 0 Å². The third-order valence-electron chi connectivity index (χ3n) is 3.53. The standard InChI is InChI=1S/C14H19NO2/c1-9-3-4-12(5-10(9)2)14(17)15-8-11-6-13(16)7-11/h3-5,11,13,16H,6-8H2,1-2H3,(H,15,17). The zero-order valence-electron chi connectivity index (χ0n) is 10.4. The number of aliphatic hydroxyl groups excluding tert-OH is 1. The van der Waals surface area contributed by atoms with Crippen molar-refractivity contribution < 1.29 is 9.90 Å². The zero-order chi connectivity index (χ0) is 12.4. The van der Waals surface area contributed by atoms with Gasteiger partial charge in [-0.05, 0) is 55.9 Å². The molecule has 0 heterocycles.